The molecule has 0 N–H and O–H groups in total. The highest BCUT2D eigenvalue weighted by atomic mass is 31.1. The van der Waals surface area contributed by atoms with Crippen molar-refractivity contribution < 1.29 is 18.1 Å². The van der Waals surface area contributed by atoms with Gasteiger partial charge >= 0.3 is 0 Å². The van der Waals surface area contributed by atoms with E-state index in [1.807, 2.05) is 24.3 Å². The number of benzene rings is 2. The maximum Gasteiger partial charge on any atom is 0.275 e. The van der Waals surface area contributed by atoms with Crippen LogP contribution in [0.2, 0.25) is 0 Å². The summed E-state index contributed by atoms with van der Waals surface area (Å²) in [5.74, 6) is 3.00. The molecule has 6 nitrogen and oxygen atoms in total. The summed E-state index contributed by atoms with van der Waals surface area (Å²) in [7, 11) is -0.469. The van der Waals surface area contributed by atoms with Crippen LogP contribution in [0.1, 0.15) is 63.8 Å². The molecule has 0 radical (unpaired) electrons. The van der Waals surface area contributed by atoms with Crippen LogP contribution in [0.4, 0.5) is 0 Å². The van der Waals surface area contributed by atoms with E-state index in [9.17, 15) is 0 Å². The van der Waals surface area contributed by atoms with Gasteiger partial charge < -0.3 is 18.1 Å². The topological polar surface area (TPSA) is 62.7 Å². The van der Waals surface area contributed by atoms with Crippen molar-refractivity contribution in [1.29, 1.82) is 0 Å². The Bertz CT molecular complexity index is 1320. The number of aryl methyl sites for hydroxylation is 2. The van der Waals surface area contributed by atoms with Crippen LogP contribution in [0.15, 0.2) is 73.3 Å². The lowest BCUT2D eigenvalue weighted by Gasteiger charge is -2.28. The molecule has 4 rings (SSSR count). The minimum atomic E-state index is -0.234. The highest BCUT2D eigenvalue weighted by molar-refractivity contribution is 7.27. The summed E-state index contributed by atoms with van der Waals surface area (Å²) >= 11 is 0. The van der Waals surface area contributed by atoms with Crippen molar-refractivity contribution in [2.45, 2.75) is 66.2 Å². The van der Waals surface area contributed by atoms with Gasteiger partial charge in [-0.3, -0.25) is 9.97 Å². The molecule has 0 saturated heterocycles. The van der Waals surface area contributed by atoms with Gasteiger partial charge in [-0.2, -0.15) is 0 Å². The zero-order chi connectivity index (χ0) is 28.9. The molecule has 4 aromatic rings. The summed E-state index contributed by atoms with van der Waals surface area (Å²) in [6, 6.07) is 16.0. The van der Waals surface area contributed by atoms with Crippen LogP contribution in [-0.4, -0.2) is 9.97 Å². The summed E-state index contributed by atoms with van der Waals surface area (Å²) in [5.41, 5.74) is 6.10. The van der Waals surface area contributed by atoms with Crippen molar-refractivity contribution in [3.05, 3.63) is 95.6 Å². The summed E-state index contributed by atoms with van der Waals surface area (Å²) in [4.78, 5) is 8.13. The third kappa shape index (κ3) is 7.50. The van der Waals surface area contributed by atoms with Crippen LogP contribution >= 0.6 is 18.1 Å². The van der Waals surface area contributed by atoms with E-state index in [-0.39, 0.29) is 28.9 Å². The average Bonchev–Trinajstić information content (AvgIpc) is 2.90. The second kappa shape index (κ2) is 12.5. The maximum absolute atomic E-state index is 6.50. The van der Waals surface area contributed by atoms with E-state index >= 15 is 0 Å². The van der Waals surface area contributed by atoms with Gasteiger partial charge in [-0.15, -0.1) is 0 Å². The van der Waals surface area contributed by atoms with Gasteiger partial charge in [0.05, 0.1) is 0 Å². The van der Waals surface area contributed by atoms with E-state index in [4.69, 9.17) is 18.1 Å². The Labute approximate surface area is 241 Å². The molecule has 0 spiro atoms. The molecule has 40 heavy (non-hydrogen) atoms. The van der Waals surface area contributed by atoms with Gasteiger partial charge in [0, 0.05) is 47.0 Å². The normalized spacial score (nSPS) is 12.3. The van der Waals surface area contributed by atoms with Gasteiger partial charge in [-0.05, 0) is 72.2 Å². The van der Waals surface area contributed by atoms with Gasteiger partial charge in [-0.25, -0.2) is 0 Å². The van der Waals surface area contributed by atoms with E-state index in [1.54, 1.807) is 24.8 Å². The molecule has 0 aliphatic heterocycles. The molecular formula is C32H38N2O4P2. The molecule has 8 heteroatoms. The van der Waals surface area contributed by atoms with E-state index in [2.05, 4.69) is 89.6 Å². The minimum Gasteiger partial charge on any atom is -0.440 e. The third-order valence-corrected chi connectivity index (χ3v) is 7.49. The molecule has 0 aliphatic carbocycles. The SMILES string of the molecule is Cc1cc(-c2cc(C)cc(C(C)(C)C)c2OPOc2ccncc2)c(OPOc2ccncc2)c(C(C)(C)C)c1. The first-order valence-electron chi connectivity index (χ1n) is 13.2. The Kier molecular flexibility index (Phi) is 9.33. The van der Waals surface area contributed by atoms with Gasteiger partial charge in [0.15, 0.2) is 0 Å². The predicted octanol–water partition coefficient (Wildman–Crippen LogP) is 9.29. The number of pyridine rings is 2. The van der Waals surface area contributed by atoms with Crippen molar-refractivity contribution in [3.63, 3.8) is 0 Å². The molecule has 0 amide bonds. The summed E-state index contributed by atoms with van der Waals surface area (Å²) in [5, 5.41) is 0. The fourth-order valence-electron chi connectivity index (χ4n) is 4.31. The van der Waals surface area contributed by atoms with Crippen LogP contribution in [0.25, 0.3) is 11.1 Å². The molecule has 210 valence electrons. The second-order valence-corrected chi connectivity index (χ2v) is 13.0. The van der Waals surface area contributed by atoms with Crippen molar-refractivity contribution in [2.75, 3.05) is 0 Å². The van der Waals surface area contributed by atoms with Gasteiger partial charge in [0.25, 0.3) is 18.1 Å². The lowest BCUT2D eigenvalue weighted by Crippen LogP contribution is -2.15. The van der Waals surface area contributed by atoms with Gasteiger partial charge in [0.1, 0.15) is 23.0 Å². The van der Waals surface area contributed by atoms with Crippen molar-refractivity contribution in [2.24, 2.45) is 0 Å². The summed E-state index contributed by atoms with van der Waals surface area (Å²) in [6.45, 7) is 17.4. The van der Waals surface area contributed by atoms with E-state index < -0.39 is 0 Å². The Balaban J connectivity index is 1.82. The van der Waals surface area contributed by atoms with Crippen molar-refractivity contribution in [3.8, 4) is 34.1 Å². The Morgan fingerprint density at radius 3 is 1.20 bits per heavy atom. The molecule has 0 aliphatic rings. The maximum atomic E-state index is 6.50. The average molecular weight is 577 g/mol. The molecule has 0 saturated carbocycles. The lowest BCUT2D eigenvalue weighted by molar-refractivity contribution is 0.488. The summed E-state index contributed by atoms with van der Waals surface area (Å²) < 4.78 is 24.9. The Morgan fingerprint density at radius 1 is 0.525 bits per heavy atom. The summed E-state index contributed by atoms with van der Waals surface area (Å²) in [6.07, 6.45) is 6.82. The highest BCUT2D eigenvalue weighted by Crippen LogP contribution is 2.49. The van der Waals surface area contributed by atoms with Crippen LogP contribution in [-0.2, 0) is 10.8 Å². The molecule has 2 unspecified atom stereocenters. The van der Waals surface area contributed by atoms with Gasteiger partial charge in [-0.1, -0.05) is 53.7 Å². The second-order valence-electron chi connectivity index (χ2n) is 11.8. The van der Waals surface area contributed by atoms with Crippen LogP contribution < -0.4 is 18.1 Å². The van der Waals surface area contributed by atoms with E-state index in [1.165, 1.54) is 0 Å². The van der Waals surface area contributed by atoms with Crippen LogP contribution in [0.5, 0.6) is 23.0 Å². The number of rotatable bonds is 9. The number of aromatic nitrogens is 2. The molecule has 2 atom stereocenters. The number of hydrogen-bond acceptors (Lipinski definition) is 6. The zero-order valence-electron chi connectivity index (χ0n) is 24.5. The molecule has 2 aromatic carbocycles. The van der Waals surface area contributed by atoms with E-state index in [0.717, 1.165) is 44.9 Å². The number of nitrogens with zero attached hydrogens (tertiary/aromatic N) is 2. The monoisotopic (exact) mass is 576 g/mol. The minimum absolute atomic E-state index is 0.166. The first-order chi connectivity index (χ1) is 18.9. The third-order valence-electron chi connectivity index (χ3n) is 6.28. The molecule has 0 fully saturated rings. The van der Waals surface area contributed by atoms with Crippen LogP contribution in [0.3, 0.4) is 0 Å². The molecule has 2 aromatic heterocycles. The zero-order valence-corrected chi connectivity index (χ0v) is 26.5. The number of hydrogen-bond donors (Lipinski definition) is 0. The largest absolute Gasteiger partial charge is 0.440 e. The van der Waals surface area contributed by atoms with Crippen molar-refractivity contribution >= 4 is 18.1 Å². The first kappa shape index (κ1) is 29.8. The predicted molar refractivity (Wildman–Crippen MR) is 166 cm³/mol. The van der Waals surface area contributed by atoms with Crippen LogP contribution in [0, 0.1) is 13.8 Å². The van der Waals surface area contributed by atoms with Crippen molar-refractivity contribution in [1.82, 2.24) is 9.97 Å². The fourth-order valence-corrected chi connectivity index (χ4v) is 5.47. The Hall–Kier alpha value is -3.20. The van der Waals surface area contributed by atoms with Gasteiger partial charge in [0.2, 0.25) is 0 Å². The first-order valence-corrected chi connectivity index (χ1v) is 14.8. The lowest BCUT2D eigenvalue weighted by atomic mass is 9.80. The molecule has 2 heterocycles. The smallest absolute Gasteiger partial charge is 0.275 e. The molecular weight excluding hydrogens is 538 g/mol. The Morgan fingerprint density at radius 2 is 0.875 bits per heavy atom. The standard InChI is InChI=1S/C32H38N2O4P2/c1-21-17-25(29(27(19-21)31(3,4)5)37-39-35-23-9-13-33-14-10-23)26-18-22(2)20-28(32(6,7)8)30(26)38-40-36-24-11-15-34-16-12-24/h9-20,39-40H,1-8H3. The van der Waals surface area contributed by atoms with E-state index in [0.29, 0.717) is 11.5 Å². The molecule has 0 bridgehead atoms. The quantitative estimate of drug-likeness (QED) is 0.185. The highest BCUT2D eigenvalue weighted by Gasteiger charge is 2.28. The fraction of sp³-hybridized carbons (Fsp3) is 0.312.